The molecule has 1 aromatic rings. The molecule has 2 heteroatoms. The SMILES string of the molecule is COc1c(C)c(C)c(N)c(C)c1C. The fourth-order valence-corrected chi connectivity index (χ4v) is 1.61. The molecule has 1 rings (SSSR count). The molecule has 0 aliphatic heterocycles. The summed E-state index contributed by atoms with van der Waals surface area (Å²) in [7, 11) is 1.70. The molecule has 2 nitrogen and oxygen atoms in total. The maximum atomic E-state index is 5.95. The molecule has 2 N–H and O–H groups in total. The molecule has 0 atom stereocenters. The Balaban J connectivity index is 3.56. The van der Waals surface area contributed by atoms with Gasteiger partial charge >= 0.3 is 0 Å². The number of hydrogen-bond donors (Lipinski definition) is 1. The number of nitrogens with two attached hydrogens (primary N) is 1. The van der Waals surface area contributed by atoms with E-state index >= 15 is 0 Å². The van der Waals surface area contributed by atoms with Crippen LogP contribution >= 0.6 is 0 Å². The molecule has 0 heterocycles. The molecule has 1 aromatic carbocycles. The highest BCUT2D eigenvalue weighted by Gasteiger charge is 2.12. The number of rotatable bonds is 1. The third-order valence-electron chi connectivity index (χ3n) is 2.82. The Hall–Kier alpha value is -1.18. The lowest BCUT2D eigenvalue weighted by Gasteiger charge is -2.16. The first-order valence-electron chi connectivity index (χ1n) is 4.40. The Kier molecular flexibility index (Phi) is 2.50. The zero-order valence-electron chi connectivity index (χ0n) is 8.99. The van der Waals surface area contributed by atoms with Crippen molar-refractivity contribution in [2.24, 2.45) is 0 Å². The second-order valence-corrected chi connectivity index (χ2v) is 3.45. The Morgan fingerprint density at radius 2 is 1.23 bits per heavy atom. The molecule has 0 aliphatic carbocycles. The number of hydrogen-bond acceptors (Lipinski definition) is 2. The normalized spacial score (nSPS) is 10.2. The molecule has 0 unspecified atom stereocenters. The predicted octanol–water partition coefficient (Wildman–Crippen LogP) is 2.51. The average molecular weight is 179 g/mol. The van der Waals surface area contributed by atoms with Crippen molar-refractivity contribution in [2.75, 3.05) is 12.8 Å². The van der Waals surface area contributed by atoms with Crippen LogP contribution < -0.4 is 10.5 Å². The molecular formula is C11H17NO. The highest BCUT2D eigenvalue weighted by molar-refractivity contribution is 5.64. The summed E-state index contributed by atoms with van der Waals surface area (Å²) in [6.07, 6.45) is 0. The molecule has 0 bridgehead atoms. The molecular weight excluding hydrogens is 162 g/mol. The van der Waals surface area contributed by atoms with E-state index in [-0.39, 0.29) is 0 Å². The topological polar surface area (TPSA) is 35.2 Å². The van der Waals surface area contributed by atoms with Gasteiger partial charge in [-0.25, -0.2) is 0 Å². The fraction of sp³-hybridized carbons (Fsp3) is 0.455. The molecule has 0 amide bonds. The Bertz CT molecular complexity index is 313. The molecule has 0 aliphatic rings. The molecule has 13 heavy (non-hydrogen) atoms. The number of ether oxygens (including phenoxy) is 1. The third kappa shape index (κ3) is 1.37. The van der Waals surface area contributed by atoms with Crippen LogP contribution in [0.5, 0.6) is 5.75 Å². The summed E-state index contributed by atoms with van der Waals surface area (Å²) in [4.78, 5) is 0. The van der Waals surface area contributed by atoms with Gasteiger partial charge in [-0.05, 0) is 49.9 Å². The Morgan fingerprint density at radius 3 is 1.54 bits per heavy atom. The molecule has 0 saturated carbocycles. The van der Waals surface area contributed by atoms with Gasteiger partial charge in [0.15, 0.2) is 0 Å². The van der Waals surface area contributed by atoms with Gasteiger partial charge in [-0.3, -0.25) is 0 Å². The van der Waals surface area contributed by atoms with Crippen LogP contribution in [0.25, 0.3) is 0 Å². The first-order chi connectivity index (χ1) is 6.00. The van der Waals surface area contributed by atoms with E-state index in [1.165, 1.54) is 0 Å². The van der Waals surface area contributed by atoms with Crippen LogP contribution in [0, 0.1) is 27.7 Å². The number of methoxy groups -OCH3 is 1. The van der Waals surface area contributed by atoms with Crippen LogP contribution in [-0.4, -0.2) is 7.11 Å². The van der Waals surface area contributed by atoms with Crippen molar-refractivity contribution in [1.82, 2.24) is 0 Å². The standard InChI is InChI=1S/C11H17NO/c1-6-8(3)11(13-5)9(4)7(2)10(6)12/h12H2,1-5H3. The van der Waals surface area contributed by atoms with Crippen molar-refractivity contribution in [3.8, 4) is 5.75 Å². The van der Waals surface area contributed by atoms with Gasteiger partial charge in [0, 0.05) is 5.69 Å². The molecule has 0 saturated heterocycles. The number of nitrogen functional groups attached to an aromatic ring is 1. The summed E-state index contributed by atoms with van der Waals surface area (Å²) in [6, 6.07) is 0. The summed E-state index contributed by atoms with van der Waals surface area (Å²) in [5, 5.41) is 0. The third-order valence-corrected chi connectivity index (χ3v) is 2.82. The van der Waals surface area contributed by atoms with Gasteiger partial charge in [0.2, 0.25) is 0 Å². The summed E-state index contributed by atoms with van der Waals surface area (Å²) in [5.41, 5.74) is 11.4. The zero-order chi connectivity index (χ0) is 10.2. The maximum absolute atomic E-state index is 5.95. The maximum Gasteiger partial charge on any atom is 0.125 e. The molecule has 72 valence electrons. The Labute approximate surface area is 79.7 Å². The second kappa shape index (κ2) is 3.29. The zero-order valence-corrected chi connectivity index (χ0v) is 8.99. The van der Waals surface area contributed by atoms with E-state index in [9.17, 15) is 0 Å². The molecule has 0 spiro atoms. The quantitative estimate of drug-likeness (QED) is 0.672. The Morgan fingerprint density at radius 1 is 0.846 bits per heavy atom. The van der Waals surface area contributed by atoms with Crippen molar-refractivity contribution in [1.29, 1.82) is 0 Å². The number of benzene rings is 1. The summed E-state index contributed by atoms with van der Waals surface area (Å²) < 4.78 is 5.34. The van der Waals surface area contributed by atoms with Crippen molar-refractivity contribution in [3.63, 3.8) is 0 Å². The van der Waals surface area contributed by atoms with Crippen molar-refractivity contribution < 1.29 is 4.74 Å². The van der Waals surface area contributed by atoms with E-state index in [0.29, 0.717) is 0 Å². The van der Waals surface area contributed by atoms with Gasteiger partial charge in [-0.2, -0.15) is 0 Å². The van der Waals surface area contributed by atoms with Crippen molar-refractivity contribution in [2.45, 2.75) is 27.7 Å². The summed E-state index contributed by atoms with van der Waals surface area (Å²) in [5.74, 6) is 0.962. The predicted molar refractivity (Wildman–Crippen MR) is 56.4 cm³/mol. The van der Waals surface area contributed by atoms with Gasteiger partial charge in [0.05, 0.1) is 7.11 Å². The average Bonchev–Trinajstić information content (AvgIpc) is 2.13. The molecule has 0 aromatic heterocycles. The van der Waals surface area contributed by atoms with E-state index in [4.69, 9.17) is 10.5 Å². The minimum Gasteiger partial charge on any atom is -0.496 e. The lowest BCUT2D eigenvalue weighted by atomic mass is 9.97. The van der Waals surface area contributed by atoms with Crippen molar-refractivity contribution in [3.05, 3.63) is 22.3 Å². The van der Waals surface area contributed by atoms with E-state index < -0.39 is 0 Å². The van der Waals surface area contributed by atoms with Crippen LogP contribution in [0.2, 0.25) is 0 Å². The molecule has 0 fully saturated rings. The van der Waals surface area contributed by atoms with E-state index in [0.717, 1.165) is 33.7 Å². The van der Waals surface area contributed by atoms with Gasteiger partial charge in [0.1, 0.15) is 5.75 Å². The second-order valence-electron chi connectivity index (χ2n) is 3.45. The van der Waals surface area contributed by atoms with Crippen LogP contribution in [0.1, 0.15) is 22.3 Å². The van der Waals surface area contributed by atoms with Gasteiger partial charge in [-0.15, -0.1) is 0 Å². The van der Waals surface area contributed by atoms with Crippen LogP contribution in [0.4, 0.5) is 5.69 Å². The van der Waals surface area contributed by atoms with Gasteiger partial charge in [-0.1, -0.05) is 0 Å². The first kappa shape index (κ1) is 9.90. The van der Waals surface area contributed by atoms with Crippen molar-refractivity contribution >= 4 is 5.69 Å². The first-order valence-corrected chi connectivity index (χ1v) is 4.40. The minimum atomic E-state index is 0.885. The van der Waals surface area contributed by atoms with Crippen LogP contribution in [-0.2, 0) is 0 Å². The van der Waals surface area contributed by atoms with E-state index in [2.05, 4.69) is 0 Å². The monoisotopic (exact) mass is 179 g/mol. The number of anilines is 1. The van der Waals surface area contributed by atoms with Crippen LogP contribution in [0.15, 0.2) is 0 Å². The van der Waals surface area contributed by atoms with E-state index in [1.807, 2.05) is 27.7 Å². The lowest BCUT2D eigenvalue weighted by Crippen LogP contribution is -2.02. The molecule has 0 radical (unpaired) electrons. The minimum absolute atomic E-state index is 0.885. The largest absolute Gasteiger partial charge is 0.496 e. The smallest absolute Gasteiger partial charge is 0.125 e. The van der Waals surface area contributed by atoms with Crippen LogP contribution in [0.3, 0.4) is 0 Å². The van der Waals surface area contributed by atoms with Gasteiger partial charge < -0.3 is 10.5 Å². The lowest BCUT2D eigenvalue weighted by molar-refractivity contribution is 0.408. The highest BCUT2D eigenvalue weighted by Crippen LogP contribution is 2.33. The van der Waals surface area contributed by atoms with E-state index in [1.54, 1.807) is 7.11 Å². The highest BCUT2D eigenvalue weighted by atomic mass is 16.5. The fourth-order valence-electron chi connectivity index (χ4n) is 1.61. The summed E-state index contributed by atoms with van der Waals surface area (Å²) >= 11 is 0. The summed E-state index contributed by atoms with van der Waals surface area (Å²) in [6.45, 7) is 8.13. The van der Waals surface area contributed by atoms with Gasteiger partial charge in [0.25, 0.3) is 0 Å².